The van der Waals surface area contributed by atoms with Gasteiger partial charge in [0.05, 0.1) is 12.2 Å². The summed E-state index contributed by atoms with van der Waals surface area (Å²) in [6.45, 7) is 6.47. The van der Waals surface area contributed by atoms with Crippen molar-refractivity contribution < 1.29 is 0 Å². The van der Waals surface area contributed by atoms with Crippen LogP contribution in [-0.4, -0.2) is 19.9 Å². The highest BCUT2D eigenvalue weighted by Gasteiger charge is 2.08. The van der Waals surface area contributed by atoms with Crippen molar-refractivity contribution in [2.75, 3.05) is 11.1 Å². The van der Waals surface area contributed by atoms with Gasteiger partial charge in [-0.25, -0.2) is 19.9 Å². The molecule has 6 heteroatoms. The van der Waals surface area contributed by atoms with E-state index in [1.54, 1.807) is 6.20 Å². The summed E-state index contributed by atoms with van der Waals surface area (Å²) in [5.41, 5.74) is 7.72. The van der Waals surface area contributed by atoms with Gasteiger partial charge in [0.25, 0.3) is 0 Å². The fourth-order valence-electron chi connectivity index (χ4n) is 1.87. The van der Waals surface area contributed by atoms with Crippen molar-refractivity contribution in [3.8, 4) is 0 Å². The van der Waals surface area contributed by atoms with Crippen LogP contribution >= 0.6 is 0 Å². The van der Waals surface area contributed by atoms with Gasteiger partial charge in [-0.15, -0.1) is 0 Å². The zero-order chi connectivity index (χ0) is 14.5. The van der Waals surface area contributed by atoms with Crippen LogP contribution in [0, 0.1) is 13.8 Å². The van der Waals surface area contributed by atoms with Crippen LogP contribution in [0.2, 0.25) is 0 Å². The van der Waals surface area contributed by atoms with Crippen LogP contribution < -0.4 is 11.1 Å². The molecule has 2 rings (SSSR count). The lowest BCUT2D eigenvalue weighted by atomic mass is 10.2. The van der Waals surface area contributed by atoms with Crippen LogP contribution in [0.15, 0.2) is 12.3 Å². The van der Waals surface area contributed by atoms with E-state index in [0.29, 0.717) is 12.4 Å². The third-order valence-corrected chi connectivity index (χ3v) is 2.97. The number of aryl methyl sites for hydroxylation is 2. The molecule has 2 aromatic heterocycles. The maximum absolute atomic E-state index is 5.93. The molecule has 0 fully saturated rings. The number of anilines is 2. The summed E-state index contributed by atoms with van der Waals surface area (Å²) in [6, 6.07) is 1.88. The number of nitrogens with zero attached hydrogens (tertiary/aromatic N) is 4. The Bertz CT molecular complexity index is 596. The summed E-state index contributed by atoms with van der Waals surface area (Å²) in [5.74, 6) is 2.84. The fourth-order valence-corrected chi connectivity index (χ4v) is 1.87. The van der Waals surface area contributed by atoms with Gasteiger partial charge in [0.2, 0.25) is 0 Å². The van der Waals surface area contributed by atoms with Crippen molar-refractivity contribution >= 4 is 11.6 Å². The Morgan fingerprint density at radius 3 is 2.70 bits per heavy atom. The molecule has 0 aromatic carbocycles. The average molecular weight is 272 g/mol. The normalized spacial score (nSPS) is 10.6. The van der Waals surface area contributed by atoms with Gasteiger partial charge in [0, 0.05) is 18.2 Å². The zero-order valence-corrected chi connectivity index (χ0v) is 12.1. The topological polar surface area (TPSA) is 89.6 Å². The highest BCUT2D eigenvalue weighted by atomic mass is 15.1. The number of nitrogens with two attached hydrogens (primary N) is 1. The van der Waals surface area contributed by atoms with E-state index in [1.165, 1.54) is 0 Å². The lowest BCUT2D eigenvalue weighted by Gasteiger charge is -2.11. The van der Waals surface area contributed by atoms with Gasteiger partial charge < -0.3 is 11.1 Å². The van der Waals surface area contributed by atoms with E-state index in [4.69, 9.17) is 5.73 Å². The first-order valence-corrected chi connectivity index (χ1v) is 6.75. The molecule has 0 saturated carbocycles. The molecule has 0 atom stereocenters. The maximum Gasteiger partial charge on any atom is 0.135 e. The van der Waals surface area contributed by atoms with Crippen molar-refractivity contribution in [1.82, 2.24) is 19.9 Å². The van der Waals surface area contributed by atoms with E-state index in [2.05, 4.69) is 32.2 Å². The van der Waals surface area contributed by atoms with Crippen LogP contribution in [0.3, 0.4) is 0 Å². The molecular weight excluding hydrogens is 252 g/mol. The van der Waals surface area contributed by atoms with E-state index in [-0.39, 0.29) is 0 Å². The molecule has 0 amide bonds. The standard InChI is InChI=1S/C14H20N6/c1-4-5-12-19-13(15)9(2)14(20-12)17-8-11-6-7-16-10(3)18-11/h6-7H,4-5,8H2,1-3H3,(H3,15,17,19,20). The molecule has 106 valence electrons. The molecule has 2 heterocycles. The van der Waals surface area contributed by atoms with Gasteiger partial charge in [0.1, 0.15) is 23.3 Å². The Morgan fingerprint density at radius 2 is 2.00 bits per heavy atom. The predicted octanol–water partition coefficient (Wildman–Crippen LogP) is 2.03. The molecule has 3 N–H and O–H groups in total. The molecule has 0 saturated heterocycles. The van der Waals surface area contributed by atoms with Crippen LogP contribution in [0.25, 0.3) is 0 Å². The summed E-state index contributed by atoms with van der Waals surface area (Å²) in [7, 11) is 0. The second-order valence-corrected chi connectivity index (χ2v) is 4.70. The van der Waals surface area contributed by atoms with E-state index in [0.717, 1.165) is 41.6 Å². The Hall–Kier alpha value is -2.24. The summed E-state index contributed by atoms with van der Waals surface area (Å²) in [5, 5.41) is 3.27. The van der Waals surface area contributed by atoms with Gasteiger partial charge in [-0.1, -0.05) is 6.92 Å². The van der Waals surface area contributed by atoms with Crippen molar-refractivity contribution in [3.63, 3.8) is 0 Å². The zero-order valence-electron chi connectivity index (χ0n) is 12.1. The van der Waals surface area contributed by atoms with Crippen molar-refractivity contribution in [1.29, 1.82) is 0 Å². The molecular formula is C14H20N6. The smallest absolute Gasteiger partial charge is 0.135 e. The fraction of sp³-hybridized carbons (Fsp3) is 0.429. The molecule has 6 nitrogen and oxygen atoms in total. The lowest BCUT2D eigenvalue weighted by molar-refractivity contribution is 0.831. The first-order valence-electron chi connectivity index (χ1n) is 6.75. The number of rotatable bonds is 5. The quantitative estimate of drug-likeness (QED) is 0.865. The van der Waals surface area contributed by atoms with E-state index in [9.17, 15) is 0 Å². The SMILES string of the molecule is CCCc1nc(N)c(C)c(NCc2ccnc(C)n2)n1. The first kappa shape index (κ1) is 14.2. The lowest BCUT2D eigenvalue weighted by Crippen LogP contribution is -2.10. The number of hydrogen-bond donors (Lipinski definition) is 2. The Labute approximate surface area is 118 Å². The predicted molar refractivity (Wildman–Crippen MR) is 79.3 cm³/mol. The monoisotopic (exact) mass is 272 g/mol. The van der Waals surface area contributed by atoms with Gasteiger partial charge >= 0.3 is 0 Å². The van der Waals surface area contributed by atoms with Gasteiger partial charge in [-0.2, -0.15) is 0 Å². The summed E-state index contributed by atoms with van der Waals surface area (Å²) >= 11 is 0. The highest BCUT2D eigenvalue weighted by Crippen LogP contribution is 2.18. The largest absolute Gasteiger partial charge is 0.383 e. The van der Waals surface area contributed by atoms with Crippen molar-refractivity contribution in [3.05, 3.63) is 35.2 Å². The minimum Gasteiger partial charge on any atom is -0.383 e. The van der Waals surface area contributed by atoms with Crippen molar-refractivity contribution in [2.45, 2.75) is 40.2 Å². The van der Waals surface area contributed by atoms with Crippen molar-refractivity contribution in [2.24, 2.45) is 0 Å². The molecule has 0 unspecified atom stereocenters. The van der Waals surface area contributed by atoms with Gasteiger partial charge in [-0.05, 0) is 26.3 Å². The Balaban J connectivity index is 2.16. The second-order valence-electron chi connectivity index (χ2n) is 4.70. The van der Waals surface area contributed by atoms with Crippen LogP contribution in [-0.2, 0) is 13.0 Å². The van der Waals surface area contributed by atoms with E-state index >= 15 is 0 Å². The summed E-state index contributed by atoms with van der Waals surface area (Å²) < 4.78 is 0. The molecule has 20 heavy (non-hydrogen) atoms. The molecule has 0 aliphatic carbocycles. The molecule has 0 aliphatic rings. The highest BCUT2D eigenvalue weighted by molar-refractivity contribution is 5.54. The van der Waals surface area contributed by atoms with Crippen LogP contribution in [0.4, 0.5) is 11.6 Å². The Kier molecular flexibility index (Phi) is 4.45. The van der Waals surface area contributed by atoms with Gasteiger partial charge in [0.15, 0.2) is 0 Å². The second kappa shape index (κ2) is 6.27. The minimum absolute atomic E-state index is 0.532. The molecule has 2 aromatic rings. The number of aromatic nitrogens is 4. The summed E-state index contributed by atoms with van der Waals surface area (Å²) in [4.78, 5) is 17.2. The Morgan fingerprint density at radius 1 is 1.20 bits per heavy atom. The molecule has 0 spiro atoms. The summed E-state index contributed by atoms with van der Waals surface area (Å²) in [6.07, 6.45) is 3.57. The van der Waals surface area contributed by atoms with Gasteiger partial charge in [-0.3, -0.25) is 0 Å². The van der Waals surface area contributed by atoms with Crippen LogP contribution in [0.1, 0.15) is 36.3 Å². The van der Waals surface area contributed by atoms with Crippen LogP contribution in [0.5, 0.6) is 0 Å². The maximum atomic E-state index is 5.93. The third-order valence-electron chi connectivity index (χ3n) is 2.97. The average Bonchev–Trinajstić information content (AvgIpc) is 2.41. The third kappa shape index (κ3) is 3.40. The first-order chi connectivity index (χ1) is 9.60. The number of nitrogens with one attached hydrogen (secondary N) is 1. The number of hydrogen-bond acceptors (Lipinski definition) is 6. The molecule has 0 radical (unpaired) electrons. The van der Waals surface area contributed by atoms with E-state index < -0.39 is 0 Å². The minimum atomic E-state index is 0.532. The molecule has 0 aliphatic heterocycles. The molecule has 0 bridgehead atoms. The number of nitrogen functional groups attached to an aromatic ring is 1. The van der Waals surface area contributed by atoms with E-state index in [1.807, 2.05) is 19.9 Å².